The number of nitrogens with zero attached hydrogens (tertiary/aromatic N) is 4. The monoisotopic (exact) mass is 341 g/mol. The molecular weight excluding hydrogens is 326 g/mol. The maximum absolute atomic E-state index is 12.4. The van der Waals surface area contributed by atoms with Crippen molar-refractivity contribution in [1.82, 2.24) is 19.5 Å². The van der Waals surface area contributed by atoms with Crippen molar-refractivity contribution >= 4 is 34.5 Å². The molecule has 24 heavy (non-hydrogen) atoms. The lowest BCUT2D eigenvalue weighted by atomic mass is 10.2. The predicted molar refractivity (Wildman–Crippen MR) is 93.0 cm³/mol. The zero-order valence-corrected chi connectivity index (χ0v) is 13.9. The van der Waals surface area contributed by atoms with E-state index < -0.39 is 5.25 Å². The standard InChI is InChI=1S/C16H15N5O2S/c1-10(13(22)20-15-17-8-5-9-18-15)24-16-19-12-7-4-3-6-11(12)14(23)21(16)2/h3-10H,1-2H3,(H,17,18,20,22). The second-order valence-corrected chi connectivity index (χ2v) is 6.41. The van der Waals surface area contributed by atoms with Crippen LogP contribution in [0.4, 0.5) is 5.95 Å². The molecule has 0 radical (unpaired) electrons. The summed E-state index contributed by atoms with van der Waals surface area (Å²) in [4.78, 5) is 37.0. The van der Waals surface area contributed by atoms with Crippen LogP contribution in [0.15, 0.2) is 52.7 Å². The summed E-state index contributed by atoms with van der Waals surface area (Å²) in [6.45, 7) is 1.74. The van der Waals surface area contributed by atoms with Gasteiger partial charge in [-0.05, 0) is 25.1 Å². The van der Waals surface area contributed by atoms with E-state index in [0.29, 0.717) is 16.1 Å². The van der Waals surface area contributed by atoms with Crippen LogP contribution >= 0.6 is 11.8 Å². The van der Waals surface area contributed by atoms with Crippen LogP contribution in [0.25, 0.3) is 10.9 Å². The molecule has 0 aliphatic heterocycles. The first kappa shape index (κ1) is 16.1. The number of fused-ring (bicyclic) bond motifs is 1. The minimum Gasteiger partial charge on any atom is -0.294 e. The zero-order chi connectivity index (χ0) is 17.1. The number of anilines is 1. The Morgan fingerprint density at radius 2 is 1.92 bits per heavy atom. The first-order chi connectivity index (χ1) is 11.6. The SMILES string of the molecule is CC(Sc1nc2ccccc2c(=O)n1C)C(=O)Nc1ncccn1. The number of para-hydroxylation sites is 1. The van der Waals surface area contributed by atoms with Gasteiger partial charge in [0, 0.05) is 19.4 Å². The van der Waals surface area contributed by atoms with E-state index in [0.717, 1.165) is 0 Å². The number of carbonyl (C=O) groups is 1. The Kier molecular flexibility index (Phi) is 4.57. The van der Waals surface area contributed by atoms with Crippen molar-refractivity contribution in [2.45, 2.75) is 17.3 Å². The van der Waals surface area contributed by atoms with E-state index in [4.69, 9.17) is 0 Å². The molecule has 2 aromatic heterocycles. The number of rotatable bonds is 4. The Morgan fingerprint density at radius 3 is 2.67 bits per heavy atom. The summed E-state index contributed by atoms with van der Waals surface area (Å²) >= 11 is 1.21. The van der Waals surface area contributed by atoms with E-state index in [-0.39, 0.29) is 17.4 Å². The number of benzene rings is 1. The molecule has 122 valence electrons. The van der Waals surface area contributed by atoms with E-state index in [9.17, 15) is 9.59 Å². The Balaban J connectivity index is 1.82. The largest absolute Gasteiger partial charge is 0.294 e. The second-order valence-electron chi connectivity index (χ2n) is 5.10. The molecule has 3 rings (SSSR count). The third kappa shape index (κ3) is 3.28. The van der Waals surface area contributed by atoms with Gasteiger partial charge in [-0.1, -0.05) is 23.9 Å². The molecule has 1 atom stereocenters. The number of carbonyl (C=O) groups excluding carboxylic acids is 1. The Labute approximate surface area is 142 Å². The Hall–Kier alpha value is -2.74. The Morgan fingerprint density at radius 1 is 1.21 bits per heavy atom. The highest BCUT2D eigenvalue weighted by Gasteiger charge is 2.19. The van der Waals surface area contributed by atoms with Crippen molar-refractivity contribution in [2.24, 2.45) is 7.05 Å². The highest BCUT2D eigenvalue weighted by Crippen LogP contribution is 2.22. The summed E-state index contributed by atoms with van der Waals surface area (Å²) in [6, 6.07) is 8.81. The zero-order valence-electron chi connectivity index (χ0n) is 13.1. The molecular formula is C16H15N5O2S. The van der Waals surface area contributed by atoms with Gasteiger partial charge in [-0.15, -0.1) is 0 Å². The number of aromatic nitrogens is 4. The fraction of sp³-hybridized carbons (Fsp3) is 0.188. The highest BCUT2D eigenvalue weighted by atomic mass is 32.2. The molecule has 3 aromatic rings. The maximum Gasteiger partial charge on any atom is 0.261 e. The average Bonchev–Trinajstić information content (AvgIpc) is 2.60. The lowest BCUT2D eigenvalue weighted by Gasteiger charge is -2.13. The second kappa shape index (κ2) is 6.79. The molecule has 0 saturated heterocycles. The lowest BCUT2D eigenvalue weighted by molar-refractivity contribution is -0.115. The maximum atomic E-state index is 12.4. The summed E-state index contributed by atoms with van der Waals surface area (Å²) in [5, 5.41) is 3.21. The van der Waals surface area contributed by atoms with Crippen molar-refractivity contribution in [3.63, 3.8) is 0 Å². The van der Waals surface area contributed by atoms with E-state index in [1.54, 1.807) is 50.6 Å². The molecule has 1 aromatic carbocycles. The van der Waals surface area contributed by atoms with E-state index >= 15 is 0 Å². The topological polar surface area (TPSA) is 89.8 Å². The van der Waals surface area contributed by atoms with Gasteiger partial charge < -0.3 is 0 Å². The van der Waals surface area contributed by atoms with Crippen LogP contribution < -0.4 is 10.9 Å². The van der Waals surface area contributed by atoms with Crippen molar-refractivity contribution in [3.8, 4) is 0 Å². The fourth-order valence-electron chi connectivity index (χ4n) is 2.09. The summed E-state index contributed by atoms with van der Waals surface area (Å²) in [5.41, 5.74) is 0.476. The molecule has 2 heterocycles. The van der Waals surface area contributed by atoms with E-state index in [2.05, 4.69) is 20.3 Å². The van der Waals surface area contributed by atoms with Crippen molar-refractivity contribution in [1.29, 1.82) is 0 Å². The number of amides is 1. The highest BCUT2D eigenvalue weighted by molar-refractivity contribution is 8.00. The number of hydrogen-bond donors (Lipinski definition) is 1. The molecule has 1 unspecified atom stereocenters. The number of nitrogens with one attached hydrogen (secondary N) is 1. The van der Waals surface area contributed by atoms with Gasteiger partial charge in [0.15, 0.2) is 5.16 Å². The van der Waals surface area contributed by atoms with Gasteiger partial charge in [0.2, 0.25) is 11.9 Å². The van der Waals surface area contributed by atoms with Gasteiger partial charge in [-0.25, -0.2) is 15.0 Å². The van der Waals surface area contributed by atoms with Crippen LogP contribution in [0.3, 0.4) is 0 Å². The predicted octanol–water partition coefficient (Wildman–Crippen LogP) is 1.84. The van der Waals surface area contributed by atoms with Crippen LogP contribution in [0, 0.1) is 0 Å². The summed E-state index contributed by atoms with van der Waals surface area (Å²) in [6.07, 6.45) is 3.10. The summed E-state index contributed by atoms with van der Waals surface area (Å²) in [7, 11) is 1.65. The molecule has 8 heteroatoms. The van der Waals surface area contributed by atoms with Crippen molar-refractivity contribution < 1.29 is 4.79 Å². The molecule has 7 nitrogen and oxygen atoms in total. The first-order valence-corrected chi connectivity index (χ1v) is 8.14. The molecule has 0 saturated carbocycles. The molecule has 1 N–H and O–H groups in total. The fourth-order valence-corrected chi connectivity index (χ4v) is 2.96. The normalized spacial score (nSPS) is 12.1. The van der Waals surface area contributed by atoms with Crippen LogP contribution in [0.2, 0.25) is 0 Å². The first-order valence-electron chi connectivity index (χ1n) is 7.26. The van der Waals surface area contributed by atoms with Crippen LogP contribution in [0.5, 0.6) is 0 Å². The molecule has 0 bridgehead atoms. The van der Waals surface area contributed by atoms with Gasteiger partial charge in [-0.2, -0.15) is 0 Å². The molecule has 0 fully saturated rings. The third-order valence-electron chi connectivity index (χ3n) is 3.39. The quantitative estimate of drug-likeness (QED) is 0.575. The van der Waals surface area contributed by atoms with Crippen molar-refractivity contribution in [2.75, 3.05) is 5.32 Å². The lowest BCUT2D eigenvalue weighted by Crippen LogP contribution is -2.26. The van der Waals surface area contributed by atoms with E-state index in [1.165, 1.54) is 16.3 Å². The van der Waals surface area contributed by atoms with Gasteiger partial charge >= 0.3 is 0 Å². The number of thioether (sulfide) groups is 1. The van der Waals surface area contributed by atoms with Gasteiger partial charge in [-0.3, -0.25) is 19.5 Å². The average molecular weight is 341 g/mol. The molecule has 1 amide bonds. The van der Waals surface area contributed by atoms with E-state index in [1.807, 2.05) is 6.07 Å². The smallest absolute Gasteiger partial charge is 0.261 e. The van der Waals surface area contributed by atoms with Gasteiger partial charge in [0.1, 0.15) is 0 Å². The van der Waals surface area contributed by atoms with Crippen LogP contribution in [-0.2, 0) is 11.8 Å². The molecule has 0 aliphatic rings. The van der Waals surface area contributed by atoms with Gasteiger partial charge in [0.05, 0.1) is 16.2 Å². The molecule has 0 aliphatic carbocycles. The van der Waals surface area contributed by atoms with Crippen molar-refractivity contribution in [3.05, 3.63) is 53.1 Å². The third-order valence-corrected chi connectivity index (χ3v) is 4.54. The van der Waals surface area contributed by atoms with Gasteiger partial charge in [0.25, 0.3) is 5.56 Å². The summed E-state index contributed by atoms with van der Waals surface area (Å²) in [5.74, 6) is -0.0103. The van der Waals surface area contributed by atoms with Crippen LogP contribution in [-0.4, -0.2) is 30.7 Å². The Bertz CT molecular complexity index is 942. The minimum atomic E-state index is -0.465. The molecule has 0 spiro atoms. The van der Waals surface area contributed by atoms with Crippen LogP contribution in [0.1, 0.15) is 6.92 Å². The number of hydrogen-bond acceptors (Lipinski definition) is 6. The minimum absolute atomic E-state index is 0.137. The summed E-state index contributed by atoms with van der Waals surface area (Å²) < 4.78 is 1.45.